The molecule has 3 heterocycles. The Bertz CT molecular complexity index is 1210. The number of rotatable bonds is 7. The average molecular weight is 424 g/mol. The zero-order chi connectivity index (χ0) is 21.3. The number of nitrogens with one attached hydrogen (secondary N) is 1. The Morgan fingerprint density at radius 1 is 1.07 bits per heavy atom. The van der Waals surface area contributed by atoms with E-state index in [1.807, 2.05) is 29.8 Å². The fourth-order valence-corrected chi connectivity index (χ4v) is 3.56. The van der Waals surface area contributed by atoms with Gasteiger partial charge in [0.05, 0.1) is 38.7 Å². The van der Waals surface area contributed by atoms with E-state index in [1.165, 1.54) is 11.3 Å². The van der Waals surface area contributed by atoms with E-state index >= 15 is 0 Å². The lowest BCUT2D eigenvalue weighted by Crippen LogP contribution is -2.00. The summed E-state index contributed by atoms with van der Waals surface area (Å²) in [7, 11) is 4.73. The molecule has 0 saturated carbocycles. The molecule has 0 unspecified atom stereocenters. The summed E-state index contributed by atoms with van der Waals surface area (Å²) in [5.41, 5.74) is 4.00. The van der Waals surface area contributed by atoms with E-state index in [-0.39, 0.29) is 0 Å². The molecule has 0 aliphatic heterocycles. The zero-order valence-electron chi connectivity index (χ0n) is 17.0. The molecule has 10 heteroatoms. The van der Waals surface area contributed by atoms with Gasteiger partial charge in [-0.15, -0.1) is 11.3 Å². The maximum absolute atomic E-state index is 5.43. The van der Waals surface area contributed by atoms with E-state index in [4.69, 9.17) is 14.2 Å². The largest absolute Gasteiger partial charge is 0.493 e. The summed E-state index contributed by atoms with van der Waals surface area (Å²) in [6, 6.07) is 3.69. The number of fused-ring (bicyclic) bond motifs is 1. The third-order valence-corrected chi connectivity index (χ3v) is 5.08. The number of methoxy groups -OCH3 is 3. The van der Waals surface area contributed by atoms with Crippen LogP contribution in [0.1, 0.15) is 12.7 Å². The fraction of sp³-hybridized carbons (Fsp3) is 0.200. The lowest BCUT2D eigenvalue weighted by atomic mass is 10.2. The van der Waals surface area contributed by atoms with Crippen LogP contribution in [0.25, 0.3) is 21.6 Å². The summed E-state index contributed by atoms with van der Waals surface area (Å²) < 4.78 is 18.1. The first-order valence-corrected chi connectivity index (χ1v) is 9.80. The van der Waals surface area contributed by atoms with Gasteiger partial charge < -0.3 is 24.1 Å². The van der Waals surface area contributed by atoms with Gasteiger partial charge in [0.2, 0.25) is 5.75 Å². The molecule has 1 N–H and O–H groups in total. The minimum atomic E-state index is 0.529. The standard InChI is InChI=1S/C20H20N6O3S/c1-11(2)18-24-19(16-20(25-18)30-10-22-16)23-15-8-26(9-21-15)12-6-13(27-3)17(29-5)14(7-12)28-4/h6-10H,1H2,2-5H3,(H,23,24,25). The minimum Gasteiger partial charge on any atom is -0.493 e. The molecule has 0 fully saturated rings. The quantitative estimate of drug-likeness (QED) is 0.474. The predicted octanol–water partition coefficient (Wildman–Crippen LogP) is 4.07. The Morgan fingerprint density at radius 3 is 2.43 bits per heavy atom. The first-order chi connectivity index (χ1) is 14.5. The molecule has 0 aliphatic rings. The van der Waals surface area contributed by atoms with E-state index in [2.05, 4.69) is 31.8 Å². The van der Waals surface area contributed by atoms with Gasteiger partial charge in [-0.25, -0.2) is 19.9 Å². The highest BCUT2D eigenvalue weighted by Gasteiger charge is 2.16. The SMILES string of the molecule is C=C(C)c1nc(Nc2cn(-c3cc(OC)c(OC)c(OC)c3)cn2)c2ncsc2n1. The van der Waals surface area contributed by atoms with Gasteiger partial charge in [0.15, 0.2) is 23.1 Å². The number of nitrogens with zero attached hydrogens (tertiary/aromatic N) is 5. The van der Waals surface area contributed by atoms with Crippen LogP contribution in [0.2, 0.25) is 0 Å². The summed E-state index contributed by atoms with van der Waals surface area (Å²) in [6.07, 6.45) is 3.52. The van der Waals surface area contributed by atoms with Gasteiger partial charge in [0.25, 0.3) is 0 Å². The Balaban J connectivity index is 1.70. The average Bonchev–Trinajstić information content (AvgIpc) is 3.42. The molecule has 0 saturated heterocycles. The topological polar surface area (TPSA) is 96.2 Å². The lowest BCUT2D eigenvalue weighted by Gasteiger charge is -2.14. The molecule has 154 valence electrons. The molecule has 3 aromatic heterocycles. The van der Waals surface area contributed by atoms with Crippen LogP contribution < -0.4 is 19.5 Å². The van der Waals surface area contributed by atoms with Crippen LogP contribution in [0.3, 0.4) is 0 Å². The second kappa shape index (κ2) is 7.99. The molecule has 4 rings (SSSR count). The minimum absolute atomic E-state index is 0.529. The highest BCUT2D eigenvalue weighted by Crippen LogP contribution is 2.39. The second-order valence-corrected chi connectivity index (χ2v) is 7.19. The van der Waals surface area contributed by atoms with Gasteiger partial charge in [-0.1, -0.05) is 6.58 Å². The van der Waals surface area contributed by atoms with Crippen LogP contribution in [0.15, 0.2) is 36.7 Å². The number of benzene rings is 1. The van der Waals surface area contributed by atoms with Crippen molar-refractivity contribution in [2.45, 2.75) is 6.92 Å². The van der Waals surface area contributed by atoms with Crippen molar-refractivity contribution in [3.63, 3.8) is 0 Å². The summed E-state index contributed by atoms with van der Waals surface area (Å²) in [5, 5.41) is 3.23. The summed E-state index contributed by atoms with van der Waals surface area (Å²) >= 11 is 1.45. The van der Waals surface area contributed by atoms with Crippen molar-refractivity contribution in [2.24, 2.45) is 0 Å². The van der Waals surface area contributed by atoms with Crippen LogP contribution in [0.4, 0.5) is 11.6 Å². The van der Waals surface area contributed by atoms with Gasteiger partial charge in [-0.05, 0) is 12.5 Å². The van der Waals surface area contributed by atoms with Crippen LogP contribution in [-0.4, -0.2) is 45.8 Å². The van der Waals surface area contributed by atoms with Crippen LogP contribution in [0.5, 0.6) is 17.2 Å². The van der Waals surface area contributed by atoms with Gasteiger partial charge in [0.1, 0.15) is 22.5 Å². The molecule has 0 aliphatic carbocycles. The van der Waals surface area contributed by atoms with Crippen LogP contribution in [-0.2, 0) is 0 Å². The second-order valence-electron chi connectivity index (χ2n) is 6.36. The van der Waals surface area contributed by atoms with Gasteiger partial charge >= 0.3 is 0 Å². The van der Waals surface area contributed by atoms with Crippen molar-refractivity contribution in [2.75, 3.05) is 26.6 Å². The first-order valence-electron chi connectivity index (χ1n) is 8.92. The van der Waals surface area contributed by atoms with Crippen LogP contribution in [0, 0.1) is 0 Å². The fourth-order valence-electron chi connectivity index (χ4n) is 2.91. The normalized spacial score (nSPS) is 10.8. The number of imidazole rings is 1. The smallest absolute Gasteiger partial charge is 0.203 e. The van der Waals surface area contributed by atoms with Crippen molar-refractivity contribution in [1.29, 1.82) is 0 Å². The van der Waals surface area contributed by atoms with E-state index in [0.717, 1.165) is 16.1 Å². The van der Waals surface area contributed by atoms with E-state index in [1.54, 1.807) is 33.2 Å². The van der Waals surface area contributed by atoms with E-state index < -0.39 is 0 Å². The molecule has 1 aromatic carbocycles. The lowest BCUT2D eigenvalue weighted by molar-refractivity contribution is 0.324. The van der Waals surface area contributed by atoms with E-state index in [9.17, 15) is 0 Å². The number of aromatic nitrogens is 5. The van der Waals surface area contributed by atoms with E-state index in [0.29, 0.717) is 40.2 Å². The van der Waals surface area contributed by atoms with Crippen molar-refractivity contribution < 1.29 is 14.2 Å². The molecule has 0 atom stereocenters. The molecular formula is C20H20N6O3S. The number of thiazole rings is 1. The summed E-state index contributed by atoms with van der Waals surface area (Å²) in [4.78, 5) is 18.6. The molecule has 0 bridgehead atoms. The highest BCUT2D eigenvalue weighted by atomic mass is 32.1. The summed E-state index contributed by atoms with van der Waals surface area (Å²) in [5.74, 6) is 3.39. The monoisotopic (exact) mass is 424 g/mol. The van der Waals surface area contributed by atoms with Crippen molar-refractivity contribution in [1.82, 2.24) is 24.5 Å². The molecule has 0 spiro atoms. The summed E-state index contributed by atoms with van der Waals surface area (Å²) in [6.45, 7) is 5.80. The molecule has 0 radical (unpaired) electrons. The maximum Gasteiger partial charge on any atom is 0.203 e. The number of anilines is 2. The Morgan fingerprint density at radius 2 is 1.80 bits per heavy atom. The van der Waals surface area contributed by atoms with Gasteiger partial charge in [-0.2, -0.15) is 0 Å². The molecule has 9 nitrogen and oxygen atoms in total. The van der Waals surface area contributed by atoms with Crippen molar-refractivity contribution in [3.8, 4) is 22.9 Å². The number of hydrogen-bond donors (Lipinski definition) is 1. The van der Waals surface area contributed by atoms with Gasteiger partial charge in [0, 0.05) is 12.1 Å². The zero-order valence-corrected chi connectivity index (χ0v) is 17.8. The molecular weight excluding hydrogens is 404 g/mol. The van der Waals surface area contributed by atoms with Crippen molar-refractivity contribution in [3.05, 3.63) is 42.6 Å². The third-order valence-electron chi connectivity index (χ3n) is 4.36. The predicted molar refractivity (Wildman–Crippen MR) is 116 cm³/mol. The molecule has 0 amide bonds. The Labute approximate surface area is 177 Å². The third kappa shape index (κ3) is 3.52. The first kappa shape index (κ1) is 19.6. The molecule has 4 aromatic rings. The number of hydrogen-bond acceptors (Lipinski definition) is 9. The maximum atomic E-state index is 5.43. The number of ether oxygens (including phenoxy) is 3. The van der Waals surface area contributed by atoms with Crippen molar-refractivity contribution >= 4 is 38.9 Å². The highest BCUT2D eigenvalue weighted by molar-refractivity contribution is 7.16. The molecule has 30 heavy (non-hydrogen) atoms. The Hall–Kier alpha value is -3.66. The Kier molecular flexibility index (Phi) is 5.23. The van der Waals surface area contributed by atoms with Gasteiger partial charge in [-0.3, -0.25) is 0 Å². The van der Waals surface area contributed by atoms with Crippen LogP contribution >= 0.6 is 11.3 Å². The number of allylic oxidation sites excluding steroid dienone is 1.